The third-order valence-corrected chi connectivity index (χ3v) is 5.85. The van der Waals surface area contributed by atoms with Gasteiger partial charge in [0, 0.05) is 24.6 Å². The van der Waals surface area contributed by atoms with Crippen LogP contribution in [0, 0.1) is 0 Å². The maximum Gasteiger partial charge on any atom is 0.144 e. The van der Waals surface area contributed by atoms with Crippen LogP contribution < -0.4 is 4.74 Å². The van der Waals surface area contributed by atoms with Crippen molar-refractivity contribution in [1.29, 1.82) is 0 Å². The summed E-state index contributed by atoms with van der Waals surface area (Å²) in [6.45, 7) is 2.97. The number of rotatable bonds is 16. The first kappa shape index (κ1) is 27.0. The molecule has 2 aromatic rings. The Hall–Kier alpha value is -2.24. The van der Waals surface area contributed by atoms with Crippen molar-refractivity contribution in [2.24, 2.45) is 4.99 Å². The first-order chi connectivity index (χ1) is 15.8. The molecule has 0 fully saturated rings. The van der Waals surface area contributed by atoms with Crippen molar-refractivity contribution in [3.05, 3.63) is 47.9 Å². The van der Waals surface area contributed by atoms with Gasteiger partial charge in [-0.15, -0.1) is 12.4 Å². The van der Waals surface area contributed by atoms with E-state index in [0.29, 0.717) is 13.2 Å². The molecule has 1 aliphatic heterocycles. The summed E-state index contributed by atoms with van der Waals surface area (Å²) in [5, 5.41) is 8.79. The first-order valence-corrected chi connectivity index (χ1v) is 12.4. The molecule has 3 N–H and O–H groups in total. The van der Waals surface area contributed by atoms with Crippen LogP contribution >= 0.6 is 12.4 Å². The van der Waals surface area contributed by atoms with E-state index in [9.17, 15) is 0 Å². The number of aromatic nitrogens is 2. The predicted octanol–water partition coefficient (Wildman–Crippen LogP) is 7.47. The number of aliphatic hydroxyl groups is 1. The second-order valence-electron chi connectivity index (χ2n) is 8.49. The van der Waals surface area contributed by atoms with E-state index in [4.69, 9.17) is 14.8 Å². The molecule has 0 aromatic carbocycles. The topological polar surface area (TPSA) is 73.4 Å². The molecular weight excluding hydrogens is 434 g/mol. The summed E-state index contributed by atoms with van der Waals surface area (Å²) in [5.41, 5.74) is 5.17. The molecule has 33 heavy (non-hydrogen) atoms. The minimum Gasteiger partial charge on any atom is -0.492 e. The molecule has 0 saturated carbocycles. The van der Waals surface area contributed by atoms with Gasteiger partial charge in [-0.25, -0.2) is 0 Å². The van der Waals surface area contributed by atoms with E-state index >= 15 is 0 Å². The van der Waals surface area contributed by atoms with Crippen molar-refractivity contribution >= 4 is 24.2 Å². The molecular formula is C27H40ClN3O2. The Morgan fingerprint density at radius 1 is 0.939 bits per heavy atom. The minimum absolute atomic E-state index is 0. The van der Waals surface area contributed by atoms with Gasteiger partial charge in [0.2, 0.25) is 0 Å². The van der Waals surface area contributed by atoms with Gasteiger partial charge in [-0.2, -0.15) is 0 Å². The number of hydrogen-bond acceptors (Lipinski definition) is 3. The predicted molar refractivity (Wildman–Crippen MR) is 141 cm³/mol. The van der Waals surface area contributed by atoms with Gasteiger partial charge >= 0.3 is 0 Å². The highest BCUT2D eigenvalue weighted by Crippen LogP contribution is 2.29. The normalized spacial score (nSPS) is 14.0. The number of aliphatic imine (C=N–C) groups is 1. The SMILES string of the molecule is CCOc1cc(-c2ccc[nH]2)[nH]c1C=C1C=CC(CCCCCCCCCCCCO)=N1.Cl. The summed E-state index contributed by atoms with van der Waals surface area (Å²) in [7, 11) is 0. The summed E-state index contributed by atoms with van der Waals surface area (Å²) < 4.78 is 5.82. The molecule has 2 aromatic heterocycles. The van der Waals surface area contributed by atoms with E-state index in [1.807, 2.05) is 31.3 Å². The lowest BCUT2D eigenvalue weighted by Crippen LogP contribution is -1.92. The molecule has 0 bridgehead atoms. The van der Waals surface area contributed by atoms with Gasteiger partial charge in [0.1, 0.15) is 5.75 Å². The number of allylic oxidation sites excluding steroid dienone is 2. The summed E-state index contributed by atoms with van der Waals surface area (Å²) in [6.07, 6.45) is 21.8. The molecule has 1 aliphatic rings. The number of hydrogen-bond donors (Lipinski definition) is 3. The molecule has 0 amide bonds. The lowest BCUT2D eigenvalue weighted by molar-refractivity contribution is 0.282. The third kappa shape index (κ3) is 9.26. The van der Waals surface area contributed by atoms with E-state index in [1.54, 1.807) is 0 Å². The quantitative estimate of drug-likeness (QED) is 0.221. The molecule has 3 rings (SSSR count). The summed E-state index contributed by atoms with van der Waals surface area (Å²) in [4.78, 5) is 11.5. The van der Waals surface area contributed by atoms with E-state index in [1.165, 1.54) is 63.5 Å². The molecule has 0 unspecified atom stereocenters. The Kier molecular flexibility index (Phi) is 12.7. The number of H-pyrrole nitrogens is 2. The number of unbranched alkanes of at least 4 members (excludes halogenated alkanes) is 9. The fourth-order valence-electron chi connectivity index (χ4n) is 4.10. The zero-order chi connectivity index (χ0) is 22.4. The molecule has 3 heterocycles. The van der Waals surface area contributed by atoms with Gasteiger partial charge in [-0.3, -0.25) is 4.99 Å². The Labute approximate surface area is 204 Å². The van der Waals surface area contributed by atoms with E-state index in [0.717, 1.165) is 41.4 Å². The smallest absolute Gasteiger partial charge is 0.144 e. The van der Waals surface area contributed by atoms with E-state index < -0.39 is 0 Å². The monoisotopic (exact) mass is 473 g/mol. The summed E-state index contributed by atoms with van der Waals surface area (Å²) in [5.74, 6) is 0.857. The maximum absolute atomic E-state index is 8.79. The van der Waals surface area contributed by atoms with Crippen molar-refractivity contribution in [3.8, 4) is 17.1 Å². The van der Waals surface area contributed by atoms with Gasteiger partial charge in [0.15, 0.2) is 0 Å². The van der Waals surface area contributed by atoms with Crippen LogP contribution in [0.1, 0.15) is 83.2 Å². The van der Waals surface area contributed by atoms with Crippen molar-refractivity contribution in [1.82, 2.24) is 9.97 Å². The van der Waals surface area contributed by atoms with Gasteiger partial charge in [0.25, 0.3) is 0 Å². The number of aliphatic hydroxyl groups excluding tert-OH is 1. The molecule has 6 heteroatoms. The number of ether oxygens (including phenoxy) is 1. The Morgan fingerprint density at radius 3 is 2.27 bits per heavy atom. The van der Waals surface area contributed by atoms with Crippen LogP contribution in [0.25, 0.3) is 17.5 Å². The van der Waals surface area contributed by atoms with Gasteiger partial charge in [0.05, 0.1) is 29.4 Å². The maximum atomic E-state index is 8.79. The van der Waals surface area contributed by atoms with Crippen LogP contribution in [-0.2, 0) is 0 Å². The second-order valence-corrected chi connectivity index (χ2v) is 8.49. The highest BCUT2D eigenvalue weighted by molar-refractivity contribution is 5.99. The number of halogens is 1. The number of nitrogens with zero attached hydrogens (tertiary/aromatic N) is 1. The summed E-state index contributed by atoms with van der Waals surface area (Å²) >= 11 is 0. The van der Waals surface area contributed by atoms with Crippen LogP contribution in [0.5, 0.6) is 5.75 Å². The van der Waals surface area contributed by atoms with Crippen LogP contribution in [-0.4, -0.2) is 34.0 Å². The highest BCUT2D eigenvalue weighted by Gasteiger charge is 2.12. The molecule has 5 nitrogen and oxygen atoms in total. The van der Waals surface area contributed by atoms with Crippen LogP contribution in [0.2, 0.25) is 0 Å². The van der Waals surface area contributed by atoms with Crippen molar-refractivity contribution in [2.45, 2.75) is 77.6 Å². The number of nitrogens with one attached hydrogen (secondary N) is 2. The summed E-state index contributed by atoms with van der Waals surface area (Å²) in [6, 6.07) is 6.08. The van der Waals surface area contributed by atoms with E-state index in [2.05, 4.69) is 28.2 Å². The molecule has 0 radical (unpaired) electrons. The average Bonchev–Trinajstić information content (AvgIpc) is 3.55. The minimum atomic E-state index is 0. The molecule has 0 saturated heterocycles. The zero-order valence-corrected chi connectivity index (χ0v) is 20.8. The molecule has 0 atom stereocenters. The standard InChI is InChI=1S/C27H39N3O2.ClH/c1-2-32-27-21-25(24-15-13-18-28-24)30-26(27)20-23-17-16-22(29-23)14-11-9-7-5-3-4-6-8-10-12-19-31;/h13,15-18,20-21,28,30-31H,2-12,14,19H2,1H3;1H. The Morgan fingerprint density at radius 2 is 1.64 bits per heavy atom. The van der Waals surface area contributed by atoms with Crippen molar-refractivity contribution in [2.75, 3.05) is 13.2 Å². The van der Waals surface area contributed by atoms with Crippen LogP contribution in [0.4, 0.5) is 0 Å². The van der Waals surface area contributed by atoms with Crippen molar-refractivity contribution in [3.63, 3.8) is 0 Å². The second kappa shape index (κ2) is 15.6. The van der Waals surface area contributed by atoms with Gasteiger partial charge in [-0.05, 0) is 56.5 Å². The zero-order valence-electron chi connectivity index (χ0n) is 19.9. The molecule has 0 aliphatic carbocycles. The largest absolute Gasteiger partial charge is 0.492 e. The first-order valence-electron chi connectivity index (χ1n) is 12.4. The third-order valence-electron chi connectivity index (χ3n) is 5.85. The van der Waals surface area contributed by atoms with Crippen LogP contribution in [0.15, 0.2) is 47.2 Å². The fraction of sp³-hybridized carbons (Fsp3) is 0.519. The lowest BCUT2D eigenvalue weighted by Gasteiger charge is -2.02. The Bertz CT molecular complexity index is 881. The average molecular weight is 474 g/mol. The molecule has 182 valence electrons. The van der Waals surface area contributed by atoms with E-state index in [-0.39, 0.29) is 12.4 Å². The van der Waals surface area contributed by atoms with Gasteiger partial charge < -0.3 is 19.8 Å². The van der Waals surface area contributed by atoms with Crippen molar-refractivity contribution < 1.29 is 9.84 Å². The fourth-order valence-corrected chi connectivity index (χ4v) is 4.10. The lowest BCUT2D eigenvalue weighted by atomic mass is 10.0. The van der Waals surface area contributed by atoms with Gasteiger partial charge in [-0.1, -0.05) is 51.4 Å². The number of aromatic amines is 2. The highest BCUT2D eigenvalue weighted by atomic mass is 35.5. The Balaban J connectivity index is 0.00000385. The van der Waals surface area contributed by atoms with Crippen LogP contribution in [0.3, 0.4) is 0 Å². The molecule has 0 spiro atoms.